The Labute approximate surface area is 117 Å². The highest BCUT2D eigenvalue weighted by Crippen LogP contribution is 2.35. The molecule has 2 aromatic rings. The lowest BCUT2D eigenvalue weighted by molar-refractivity contribution is -0.137. The van der Waals surface area contributed by atoms with E-state index in [1.165, 1.54) is 23.9 Å². The van der Waals surface area contributed by atoms with E-state index in [1.807, 2.05) is 0 Å². The fourth-order valence-electron chi connectivity index (χ4n) is 1.71. The van der Waals surface area contributed by atoms with Crippen molar-refractivity contribution in [3.63, 3.8) is 0 Å². The molecule has 0 aliphatic carbocycles. The largest absolute Gasteiger partial charge is 0.416 e. The summed E-state index contributed by atoms with van der Waals surface area (Å²) in [5.41, 5.74) is 11.2. The summed E-state index contributed by atoms with van der Waals surface area (Å²) in [6, 6.07) is 4.73. The van der Waals surface area contributed by atoms with Gasteiger partial charge < -0.3 is 11.5 Å². The van der Waals surface area contributed by atoms with Crippen molar-refractivity contribution in [2.45, 2.75) is 11.3 Å². The summed E-state index contributed by atoms with van der Waals surface area (Å²) in [5, 5.41) is 0.371. The minimum absolute atomic E-state index is 0.0566. The molecule has 0 fully saturated rings. The monoisotopic (exact) mass is 300 g/mol. The number of aromatic nitrogens is 2. The Morgan fingerprint density at radius 2 is 1.70 bits per heavy atom. The Bertz CT molecular complexity index is 620. The van der Waals surface area contributed by atoms with E-state index in [-0.39, 0.29) is 22.8 Å². The fourth-order valence-corrected chi connectivity index (χ4v) is 2.09. The molecule has 0 radical (unpaired) electrons. The van der Waals surface area contributed by atoms with Crippen molar-refractivity contribution in [1.29, 1.82) is 0 Å². The normalized spacial score (nSPS) is 11.6. The van der Waals surface area contributed by atoms with Crippen LogP contribution in [0.1, 0.15) is 5.56 Å². The van der Waals surface area contributed by atoms with Crippen LogP contribution in [0, 0.1) is 0 Å². The molecule has 0 amide bonds. The number of thioether (sulfide) groups is 1. The van der Waals surface area contributed by atoms with Crippen LogP contribution >= 0.6 is 11.8 Å². The van der Waals surface area contributed by atoms with Gasteiger partial charge in [0, 0.05) is 0 Å². The molecule has 0 spiro atoms. The summed E-state index contributed by atoms with van der Waals surface area (Å²) in [6.07, 6.45) is -2.68. The van der Waals surface area contributed by atoms with Crippen molar-refractivity contribution < 1.29 is 13.2 Å². The van der Waals surface area contributed by atoms with Gasteiger partial charge in [0.05, 0.1) is 11.1 Å². The predicted molar refractivity (Wildman–Crippen MR) is 73.1 cm³/mol. The smallest absolute Gasteiger partial charge is 0.383 e. The molecule has 0 saturated heterocycles. The van der Waals surface area contributed by atoms with Gasteiger partial charge in [-0.05, 0) is 24.0 Å². The minimum atomic E-state index is -4.43. The van der Waals surface area contributed by atoms with E-state index >= 15 is 0 Å². The molecule has 106 valence electrons. The van der Waals surface area contributed by atoms with E-state index in [0.717, 1.165) is 12.1 Å². The lowest BCUT2D eigenvalue weighted by Gasteiger charge is -2.12. The summed E-state index contributed by atoms with van der Waals surface area (Å²) in [4.78, 5) is 7.98. The highest BCUT2D eigenvalue weighted by Gasteiger charge is 2.30. The zero-order valence-electron chi connectivity index (χ0n) is 10.4. The van der Waals surface area contributed by atoms with Gasteiger partial charge in [-0.2, -0.15) is 13.2 Å². The molecule has 0 saturated carbocycles. The highest BCUT2D eigenvalue weighted by molar-refractivity contribution is 7.98. The molecular weight excluding hydrogens is 289 g/mol. The number of hydrogen-bond donors (Lipinski definition) is 2. The van der Waals surface area contributed by atoms with Crippen molar-refractivity contribution in [2.75, 3.05) is 17.7 Å². The van der Waals surface area contributed by atoms with Gasteiger partial charge in [-0.3, -0.25) is 0 Å². The van der Waals surface area contributed by atoms with Crippen molar-refractivity contribution in [3.05, 3.63) is 29.8 Å². The van der Waals surface area contributed by atoms with E-state index in [2.05, 4.69) is 9.97 Å². The molecule has 0 aliphatic rings. The summed E-state index contributed by atoms with van der Waals surface area (Å²) in [5.74, 6) is 0.113. The molecule has 8 heteroatoms. The number of halogens is 3. The maximum absolute atomic E-state index is 12.7. The number of benzene rings is 1. The van der Waals surface area contributed by atoms with Gasteiger partial charge in [-0.1, -0.05) is 23.9 Å². The Hall–Kier alpha value is -1.96. The number of alkyl halides is 3. The fraction of sp³-hybridized carbons (Fsp3) is 0.167. The SMILES string of the molecule is CSc1nc(N)c(-c2cccc(C(F)(F)F)c2)c(N)n1. The molecule has 1 aromatic heterocycles. The van der Waals surface area contributed by atoms with Crippen molar-refractivity contribution in [3.8, 4) is 11.1 Å². The molecule has 4 N–H and O–H groups in total. The summed E-state index contributed by atoms with van der Waals surface area (Å²) < 4.78 is 38.1. The van der Waals surface area contributed by atoms with E-state index in [0.29, 0.717) is 5.16 Å². The maximum atomic E-state index is 12.7. The standard InChI is InChI=1S/C12H11F3N4S/c1-20-11-18-9(16)8(10(17)19-11)6-3-2-4-7(5-6)12(13,14)15/h2-5H,1H3,(H4,16,17,18,19). The first kappa shape index (κ1) is 14.4. The van der Waals surface area contributed by atoms with Gasteiger partial charge in [0.2, 0.25) is 0 Å². The number of anilines is 2. The van der Waals surface area contributed by atoms with Gasteiger partial charge in [-0.15, -0.1) is 0 Å². The van der Waals surface area contributed by atoms with Crippen LogP contribution in [0.2, 0.25) is 0 Å². The summed E-state index contributed by atoms with van der Waals surface area (Å²) >= 11 is 1.25. The lowest BCUT2D eigenvalue weighted by Crippen LogP contribution is -2.07. The Kier molecular flexibility index (Phi) is 3.76. The van der Waals surface area contributed by atoms with Gasteiger partial charge in [-0.25, -0.2) is 9.97 Å². The van der Waals surface area contributed by atoms with E-state index in [9.17, 15) is 13.2 Å². The third-order valence-corrected chi connectivity index (χ3v) is 3.15. The van der Waals surface area contributed by atoms with E-state index in [4.69, 9.17) is 11.5 Å². The Morgan fingerprint density at radius 3 is 2.20 bits per heavy atom. The Morgan fingerprint density at radius 1 is 1.10 bits per heavy atom. The van der Waals surface area contributed by atoms with E-state index < -0.39 is 11.7 Å². The molecule has 0 atom stereocenters. The first-order chi connectivity index (χ1) is 9.32. The average Bonchev–Trinajstić information content (AvgIpc) is 2.37. The van der Waals surface area contributed by atoms with Crippen molar-refractivity contribution in [1.82, 2.24) is 9.97 Å². The van der Waals surface area contributed by atoms with Crippen LogP contribution in [-0.4, -0.2) is 16.2 Å². The average molecular weight is 300 g/mol. The van der Waals surface area contributed by atoms with Crippen molar-refractivity contribution >= 4 is 23.4 Å². The minimum Gasteiger partial charge on any atom is -0.383 e. The zero-order chi connectivity index (χ0) is 14.9. The molecule has 1 heterocycles. The predicted octanol–water partition coefficient (Wildman–Crippen LogP) is 3.05. The van der Waals surface area contributed by atoms with Gasteiger partial charge >= 0.3 is 6.18 Å². The second-order valence-corrected chi connectivity index (χ2v) is 4.71. The second kappa shape index (κ2) is 5.20. The number of nitrogens with zero attached hydrogens (tertiary/aromatic N) is 2. The second-order valence-electron chi connectivity index (χ2n) is 3.93. The lowest BCUT2D eigenvalue weighted by atomic mass is 10.0. The number of hydrogen-bond acceptors (Lipinski definition) is 5. The van der Waals surface area contributed by atoms with Crippen LogP contribution in [0.3, 0.4) is 0 Å². The van der Waals surface area contributed by atoms with Crippen LogP contribution in [0.25, 0.3) is 11.1 Å². The first-order valence-corrected chi connectivity index (χ1v) is 6.70. The van der Waals surface area contributed by atoms with Crippen LogP contribution in [0.15, 0.2) is 29.4 Å². The molecule has 4 nitrogen and oxygen atoms in total. The highest BCUT2D eigenvalue weighted by atomic mass is 32.2. The Balaban J connectivity index is 2.58. The molecule has 20 heavy (non-hydrogen) atoms. The summed E-state index contributed by atoms with van der Waals surface area (Å²) in [7, 11) is 0. The number of rotatable bonds is 2. The molecule has 0 unspecified atom stereocenters. The van der Waals surface area contributed by atoms with Crippen molar-refractivity contribution in [2.24, 2.45) is 0 Å². The molecule has 1 aromatic carbocycles. The zero-order valence-corrected chi connectivity index (χ0v) is 11.2. The van der Waals surface area contributed by atoms with E-state index in [1.54, 1.807) is 6.26 Å². The van der Waals surface area contributed by atoms with Gasteiger partial charge in [0.25, 0.3) is 0 Å². The quantitative estimate of drug-likeness (QED) is 0.658. The maximum Gasteiger partial charge on any atom is 0.416 e. The van der Waals surface area contributed by atoms with Crippen LogP contribution < -0.4 is 11.5 Å². The van der Waals surface area contributed by atoms with Crippen LogP contribution in [0.4, 0.5) is 24.8 Å². The third-order valence-electron chi connectivity index (χ3n) is 2.61. The number of nitrogens with two attached hydrogens (primary N) is 2. The molecule has 2 rings (SSSR count). The molecular formula is C12H11F3N4S. The molecule has 0 bridgehead atoms. The third kappa shape index (κ3) is 2.79. The number of nitrogen functional groups attached to an aromatic ring is 2. The molecule has 0 aliphatic heterocycles. The topological polar surface area (TPSA) is 77.8 Å². The van der Waals surface area contributed by atoms with Crippen LogP contribution in [0.5, 0.6) is 0 Å². The van der Waals surface area contributed by atoms with Gasteiger partial charge in [0.15, 0.2) is 5.16 Å². The first-order valence-electron chi connectivity index (χ1n) is 5.47. The summed E-state index contributed by atoms with van der Waals surface area (Å²) in [6.45, 7) is 0. The van der Waals surface area contributed by atoms with Gasteiger partial charge in [0.1, 0.15) is 11.6 Å². The van der Waals surface area contributed by atoms with Crippen LogP contribution in [-0.2, 0) is 6.18 Å².